The van der Waals surface area contributed by atoms with Crippen LogP contribution < -0.4 is 10.2 Å². The highest BCUT2D eigenvalue weighted by molar-refractivity contribution is 6.12. The molecular weight excluding hydrogens is 488 g/mol. The molecule has 1 aromatic carbocycles. The van der Waals surface area contributed by atoms with Crippen LogP contribution in [0.15, 0.2) is 36.5 Å². The van der Waals surface area contributed by atoms with Gasteiger partial charge in [-0.3, -0.25) is 9.59 Å². The first-order valence-electron chi connectivity index (χ1n) is 12.2. The minimum atomic E-state index is -0.466. The lowest BCUT2D eigenvalue weighted by Gasteiger charge is -2.21. The molecule has 0 aliphatic carbocycles. The topological polar surface area (TPSA) is 138 Å². The average molecular weight is 517 g/mol. The van der Waals surface area contributed by atoms with Crippen molar-refractivity contribution in [2.75, 3.05) is 50.7 Å². The Morgan fingerprint density at radius 2 is 2.18 bits per heavy atom. The number of methoxy groups -OCH3 is 1. The monoisotopic (exact) mass is 516 g/mol. The fourth-order valence-electron chi connectivity index (χ4n) is 4.21. The number of cyclic esters (lactones) is 1. The Morgan fingerprint density at radius 1 is 1.34 bits per heavy atom. The molecule has 0 radical (unpaired) electrons. The van der Waals surface area contributed by atoms with Crippen molar-refractivity contribution in [1.29, 1.82) is 5.26 Å². The number of para-hydroxylation sites is 1. The third-order valence-corrected chi connectivity index (χ3v) is 6.27. The number of pyridine rings is 2. The van der Waals surface area contributed by atoms with Crippen molar-refractivity contribution in [3.05, 3.63) is 58.9 Å². The summed E-state index contributed by atoms with van der Waals surface area (Å²) in [6.07, 6.45) is 3.20. The summed E-state index contributed by atoms with van der Waals surface area (Å²) in [5.74, 6) is -0.205. The molecule has 2 aromatic heterocycles. The van der Waals surface area contributed by atoms with Crippen molar-refractivity contribution < 1.29 is 23.9 Å². The van der Waals surface area contributed by atoms with Gasteiger partial charge in [-0.1, -0.05) is 12.1 Å². The van der Waals surface area contributed by atoms with Crippen molar-refractivity contribution in [3.63, 3.8) is 0 Å². The molecule has 1 aliphatic heterocycles. The Morgan fingerprint density at radius 3 is 2.95 bits per heavy atom. The lowest BCUT2D eigenvalue weighted by molar-refractivity contribution is 0.102. The molecule has 1 saturated heterocycles. The second-order valence-corrected chi connectivity index (χ2v) is 8.84. The molecule has 1 N–H and O–H groups in total. The number of fused-ring (bicyclic) bond motifs is 1. The molecule has 38 heavy (non-hydrogen) atoms. The van der Waals surface area contributed by atoms with Crippen LogP contribution in [0.4, 0.5) is 16.3 Å². The molecule has 3 aromatic rings. The summed E-state index contributed by atoms with van der Waals surface area (Å²) < 4.78 is 10.3. The maximum atomic E-state index is 13.3. The number of likely N-dealkylation sites (N-methyl/N-ethyl adjacent to an activating group) is 1. The van der Waals surface area contributed by atoms with E-state index in [1.54, 1.807) is 42.3 Å². The van der Waals surface area contributed by atoms with Gasteiger partial charge in [-0.2, -0.15) is 5.26 Å². The van der Waals surface area contributed by atoms with Gasteiger partial charge < -0.3 is 24.6 Å². The first-order valence-corrected chi connectivity index (χ1v) is 12.2. The summed E-state index contributed by atoms with van der Waals surface area (Å²) in [6.45, 7) is 2.09. The third-order valence-electron chi connectivity index (χ3n) is 6.27. The van der Waals surface area contributed by atoms with Crippen LogP contribution in [0.25, 0.3) is 10.9 Å². The normalized spacial score (nSPS) is 13.4. The van der Waals surface area contributed by atoms with E-state index in [4.69, 9.17) is 9.47 Å². The number of carbonyl (C=O) groups excluding carboxylic acids is 3. The fourth-order valence-corrected chi connectivity index (χ4v) is 4.21. The summed E-state index contributed by atoms with van der Waals surface area (Å²) >= 11 is 0. The Balaban J connectivity index is 1.62. The molecule has 4 rings (SSSR count). The number of rotatable bonds is 9. The van der Waals surface area contributed by atoms with Gasteiger partial charge in [0.2, 0.25) is 0 Å². The number of nitrogens with zero attached hydrogens (tertiary/aromatic N) is 5. The van der Waals surface area contributed by atoms with Gasteiger partial charge in [-0.25, -0.2) is 14.8 Å². The maximum Gasteiger partial charge on any atom is 0.410 e. The molecule has 1 fully saturated rings. The minimum Gasteiger partial charge on any atom is -0.449 e. The van der Waals surface area contributed by atoms with Gasteiger partial charge in [0.05, 0.1) is 42.1 Å². The second-order valence-electron chi connectivity index (χ2n) is 8.84. The Bertz CT molecular complexity index is 1400. The first-order chi connectivity index (χ1) is 18.4. The van der Waals surface area contributed by atoms with Crippen LogP contribution in [0.1, 0.15) is 44.8 Å². The zero-order valence-electron chi connectivity index (χ0n) is 21.3. The summed E-state index contributed by atoms with van der Waals surface area (Å²) in [4.78, 5) is 49.5. The summed E-state index contributed by atoms with van der Waals surface area (Å²) in [5.41, 5.74) is 2.29. The number of nitriles is 1. The molecular formula is C27H28N6O5. The third kappa shape index (κ3) is 5.87. The number of hydrogen-bond donors (Lipinski definition) is 1. The lowest BCUT2D eigenvalue weighted by atomic mass is 10.0. The number of nitrogens with one attached hydrogen (secondary N) is 1. The van der Waals surface area contributed by atoms with Crippen molar-refractivity contribution in [2.45, 2.75) is 19.4 Å². The van der Waals surface area contributed by atoms with Gasteiger partial charge in [0.25, 0.3) is 5.91 Å². The molecule has 0 bridgehead atoms. The van der Waals surface area contributed by atoms with Crippen LogP contribution in [0.5, 0.6) is 0 Å². The number of hydrogen-bond acceptors (Lipinski definition) is 9. The van der Waals surface area contributed by atoms with Gasteiger partial charge in [0, 0.05) is 50.5 Å². The minimum absolute atomic E-state index is 0.147. The Kier molecular flexibility index (Phi) is 8.45. The van der Waals surface area contributed by atoms with Crippen LogP contribution >= 0.6 is 0 Å². The highest BCUT2D eigenvalue weighted by Gasteiger charge is 2.21. The predicted molar refractivity (Wildman–Crippen MR) is 140 cm³/mol. The Labute approximate surface area is 220 Å². The molecule has 3 heterocycles. The van der Waals surface area contributed by atoms with E-state index in [2.05, 4.69) is 21.4 Å². The molecule has 0 unspecified atom stereocenters. The van der Waals surface area contributed by atoms with Crippen molar-refractivity contribution in [3.8, 4) is 6.07 Å². The van der Waals surface area contributed by atoms with Crippen LogP contribution in [0.3, 0.4) is 0 Å². The van der Waals surface area contributed by atoms with Gasteiger partial charge >= 0.3 is 6.09 Å². The smallest absolute Gasteiger partial charge is 0.410 e. The van der Waals surface area contributed by atoms with E-state index in [9.17, 15) is 19.6 Å². The average Bonchev–Trinajstić information content (AvgIpc) is 3.14. The van der Waals surface area contributed by atoms with Crippen LogP contribution in [0.2, 0.25) is 0 Å². The zero-order chi connectivity index (χ0) is 27.1. The van der Waals surface area contributed by atoms with E-state index in [-0.39, 0.29) is 23.6 Å². The Hall–Kier alpha value is -4.56. The molecule has 0 spiro atoms. The van der Waals surface area contributed by atoms with E-state index in [0.717, 1.165) is 12.8 Å². The van der Waals surface area contributed by atoms with Gasteiger partial charge in [-0.05, 0) is 25.0 Å². The SMILES string of the molecule is COCCN(C)c1cc(NC(=O)c2cccc3cc(CN4CCCCOC4=O)c(C=O)nc23)ncc1C#N. The molecule has 0 atom stereocenters. The number of aromatic nitrogens is 2. The molecule has 0 saturated carbocycles. The fraction of sp³-hybridized carbons (Fsp3) is 0.333. The molecule has 196 valence electrons. The molecule has 1 aliphatic rings. The number of ether oxygens (including phenoxy) is 2. The zero-order valence-corrected chi connectivity index (χ0v) is 21.3. The number of aldehydes is 1. The van der Waals surface area contributed by atoms with E-state index in [0.29, 0.717) is 60.3 Å². The van der Waals surface area contributed by atoms with E-state index in [1.165, 1.54) is 6.20 Å². The molecule has 11 heteroatoms. The van der Waals surface area contributed by atoms with E-state index >= 15 is 0 Å². The molecule has 11 nitrogen and oxygen atoms in total. The van der Waals surface area contributed by atoms with Crippen LogP contribution in [-0.2, 0) is 16.0 Å². The van der Waals surface area contributed by atoms with Crippen molar-refractivity contribution in [2.24, 2.45) is 0 Å². The summed E-state index contributed by atoms with van der Waals surface area (Å²) in [5, 5.41) is 12.9. The summed E-state index contributed by atoms with van der Waals surface area (Å²) in [6, 6.07) is 10.6. The highest BCUT2D eigenvalue weighted by atomic mass is 16.6. The second kappa shape index (κ2) is 12.1. The number of carbonyl (C=O) groups is 3. The number of anilines is 2. The van der Waals surface area contributed by atoms with Crippen LogP contribution in [0, 0.1) is 11.3 Å². The van der Waals surface area contributed by atoms with E-state index < -0.39 is 12.0 Å². The van der Waals surface area contributed by atoms with Gasteiger partial charge in [0.15, 0.2) is 6.29 Å². The van der Waals surface area contributed by atoms with Crippen molar-refractivity contribution in [1.82, 2.24) is 14.9 Å². The largest absolute Gasteiger partial charge is 0.449 e. The lowest BCUT2D eigenvalue weighted by Crippen LogP contribution is -2.30. The first kappa shape index (κ1) is 26.5. The van der Waals surface area contributed by atoms with Crippen molar-refractivity contribution >= 4 is 40.7 Å². The van der Waals surface area contributed by atoms with Gasteiger partial charge in [-0.15, -0.1) is 0 Å². The van der Waals surface area contributed by atoms with Crippen LogP contribution in [-0.4, -0.2) is 73.6 Å². The number of amides is 2. The quantitative estimate of drug-likeness (QED) is 0.424. The maximum absolute atomic E-state index is 13.3. The van der Waals surface area contributed by atoms with E-state index in [1.807, 2.05) is 11.9 Å². The summed E-state index contributed by atoms with van der Waals surface area (Å²) in [7, 11) is 3.41. The van der Waals surface area contributed by atoms with Gasteiger partial charge in [0.1, 0.15) is 17.6 Å². The standard InChI is InChI=1S/C27H28N6O5/c1-32(9-11-37-2)23-13-24(29-15-20(23)14-28)31-26(35)21-7-5-6-18-12-19(22(17-34)30-25(18)21)16-33-8-3-4-10-38-27(33)36/h5-7,12-13,15,17H,3-4,8-11,16H2,1-2H3,(H,29,31,35). The molecule has 2 amide bonds. The number of benzene rings is 1. The highest BCUT2D eigenvalue weighted by Crippen LogP contribution is 2.25. The predicted octanol–water partition coefficient (Wildman–Crippen LogP) is 3.38.